The molecule has 156 valence electrons. The van der Waals surface area contributed by atoms with Crippen LogP contribution in [0.5, 0.6) is 5.75 Å². The number of thiophene rings is 1. The molecule has 4 rings (SSSR count). The fourth-order valence-electron chi connectivity index (χ4n) is 3.31. The van der Waals surface area contributed by atoms with Gasteiger partial charge in [0, 0.05) is 18.3 Å². The normalized spacial score (nSPS) is 10.7. The summed E-state index contributed by atoms with van der Waals surface area (Å²) < 4.78 is 1.97. The second-order valence-corrected chi connectivity index (χ2v) is 7.86. The molecule has 0 saturated carbocycles. The smallest absolute Gasteiger partial charge is 0.268 e. The van der Waals surface area contributed by atoms with Crippen LogP contribution in [0.15, 0.2) is 70.8 Å². The molecule has 0 atom stereocenters. The van der Waals surface area contributed by atoms with Gasteiger partial charge < -0.3 is 20.3 Å². The number of carbonyl (C=O) groups is 2. The van der Waals surface area contributed by atoms with Gasteiger partial charge in [0.2, 0.25) is 5.91 Å². The first-order chi connectivity index (χ1) is 14.9. The molecule has 0 unspecified atom stereocenters. The number of aromatic hydroxyl groups is 1. The van der Waals surface area contributed by atoms with Crippen molar-refractivity contribution in [3.8, 4) is 5.75 Å². The second kappa shape index (κ2) is 8.45. The molecule has 7 nitrogen and oxygen atoms in total. The number of amides is 2. The molecule has 0 aliphatic rings. The molecule has 2 aromatic carbocycles. The first kappa shape index (κ1) is 20.4. The number of anilines is 2. The number of carbonyl (C=O) groups excluding carboxylic acids is 2. The lowest BCUT2D eigenvalue weighted by molar-refractivity contribution is -0.114. The molecule has 3 N–H and O–H groups in total. The van der Waals surface area contributed by atoms with Crippen LogP contribution >= 0.6 is 11.3 Å². The van der Waals surface area contributed by atoms with E-state index in [2.05, 4.69) is 10.6 Å². The molecule has 4 aromatic rings. The summed E-state index contributed by atoms with van der Waals surface area (Å²) in [6.07, 6.45) is 0. The number of hydrogen-bond donors (Lipinski definition) is 3. The Morgan fingerprint density at radius 2 is 1.61 bits per heavy atom. The van der Waals surface area contributed by atoms with Crippen LogP contribution in [-0.4, -0.2) is 21.5 Å². The van der Waals surface area contributed by atoms with Crippen LogP contribution in [0.25, 0.3) is 10.2 Å². The minimum absolute atomic E-state index is 0.204. The van der Waals surface area contributed by atoms with Crippen LogP contribution in [0.2, 0.25) is 0 Å². The van der Waals surface area contributed by atoms with Gasteiger partial charge in [0.05, 0.1) is 16.8 Å². The third-order valence-electron chi connectivity index (χ3n) is 4.72. The SMILES string of the molecule is CC(=O)Nc1ccc(NC(=O)c2c(O)c3sccc3n(Cc3ccccc3)c2=O)cc1. The largest absolute Gasteiger partial charge is 0.505 e. The van der Waals surface area contributed by atoms with Crippen molar-refractivity contribution in [1.82, 2.24) is 4.57 Å². The van der Waals surface area contributed by atoms with Crippen LogP contribution in [-0.2, 0) is 11.3 Å². The summed E-state index contributed by atoms with van der Waals surface area (Å²) in [7, 11) is 0. The highest BCUT2D eigenvalue weighted by atomic mass is 32.1. The van der Waals surface area contributed by atoms with E-state index in [0.29, 0.717) is 21.6 Å². The highest BCUT2D eigenvalue weighted by Gasteiger charge is 2.23. The molecule has 2 heterocycles. The molecule has 0 saturated heterocycles. The number of pyridine rings is 1. The van der Waals surface area contributed by atoms with Gasteiger partial charge in [-0.1, -0.05) is 30.3 Å². The van der Waals surface area contributed by atoms with Gasteiger partial charge in [-0.3, -0.25) is 14.4 Å². The van der Waals surface area contributed by atoms with Gasteiger partial charge in [-0.2, -0.15) is 0 Å². The highest BCUT2D eigenvalue weighted by molar-refractivity contribution is 7.17. The summed E-state index contributed by atoms with van der Waals surface area (Å²) in [4.78, 5) is 37.3. The van der Waals surface area contributed by atoms with E-state index in [9.17, 15) is 19.5 Å². The van der Waals surface area contributed by atoms with Gasteiger partial charge in [0.25, 0.3) is 11.5 Å². The number of aromatic nitrogens is 1. The topological polar surface area (TPSA) is 100 Å². The van der Waals surface area contributed by atoms with E-state index in [-0.39, 0.29) is 23.8 Å². The van der Waals surface area contributed by atoms with Crippen molar-refractivity contribution in [3.63, 3.8) is 0 Å². The zero-order valence-corrected chi connectivity index (χ0v) is 17.4. The van der Waals surface area contributed by atoms with E-state index < -0.39 is 11.5 Å². The van der Waals surface area contributed by atoms with Crippen LogP contribution in [0, 0.1) is 0 Å². The molecule has 8 heteroatoms. The number of rotatable bonds is 5. The summed E-state index contributed by atoms with van der Waals surface area (Å²) in [5, 5.41) is 17.7. The average molecular weight is 433 g/mol. The maximum absolute atomic E-state index is 13.2. The maximum Gasteiger partial charge on any atom is 0.268 e. The Morgan fingerprint density at radius 3 is 2.26 bits per heavy atom. The van der Waals surface area contributed by atoms with Gasteiger partial charge in [0.1, 0.15) is 5.56 Å². The van der Waals surface area contributed by atoms with E-state index >= 15 is 0 Å². The van der Waals surface area contributed by atoms with Crippen molar-refractivity contribution in [1.29, 1.82) is 0 Å². The van der Waals surface area contributed by atoms with Crippen molar-refractivity contribution in [2.45, 2.75) is 13.5 Å². The number of fused-ring (bicyclic) bond motifs is 1. The van der Waals surface area contributed by atoms with Crippen LogP contribution < -0.4 is 16.2 Å². The Morgan fingerprint density at radius 1 is 0.968 bits per heavy atom. The molecule has 0 radical (unpaired) electrons. The monoisotopic (exact) mass is 433 g/mol. The summed E-state index contributed by atoms with van der Waals surface area (Å²) in [6.45, 7) is 1.68. The summed E-state index contributed by atoms with van der Waals surface area (Å²) in [6, 6.07) is 17.7. The van der Waals surface area contributed by atoms with Gasteiger partial charge >= 0.3 is 0 Å². The quantitative estimate of drug-likeness (QED) is 0.442. The fraction of sp³-hybridized carbons (Fsp3) is 0.0870. The third-order valence-corrected chi connectivity index (χ3v) is 5.63. The summed E-state index contributed by atoms with van der Waals surface area (Å²) in [5.74, 6) is -1.23. The van der Waals surface area contributed by atoms with Gasteiger partial charge in [0.15, 0.2) is 5.75 Å². The Labute approximate surface area is 181 Å². The molecule has 0 bridgehead atoms. The standard InChI is InChI=1S/C23H19N3O4S/c1-14(27)24-16-7-9-17(10-8-16)25-22(29)19-20(28)21-18(11-12-31-21)26(23(19)30)13-15-5-3-2-4-6-15/h2-12,28H,13H2,1H3,(H,24,27)(H,25,29). The lowest BCUT2D eigenvalue weighted by Crippen LogP contribution is -2.29. The number of benzene rings is 2. The van der Waals surface area contributed by atoms with Crippen molar-refractivity contribution < 1.29 is 14.7 Å². The predicted molar refractivity (Wildman–Crippen MR) is 122 cm³/mol. The molecule has 0 aliphatic heterocycles. The predicted octanol–water partition coefficient (Wildman–Crippen LogP) is 4.03. The van der Waals surface area contributed by atoms with Crippen molar-refractivity contribution in [2.24, 2.45) is 0 Å². The summed E-state index contributed by atoms with van der Waals surface area (Å²) in [5.41, 5.74) is 1.61. The molecule has 31 heavy (non-hydrogen) atoms. The Kier molecular flexibility index (Phi) is 5.55. The van der Waals surface area contributed by atoms with E-state index in [1.54, 1.807) is 35.7 Å². The first-order valence-corrected chi connectivity index (χ1v) is 10.4. The van der Waals surface area contributed by atoms with Crippen LogP contribution in [0.4, 0.5) is 11.4 Å². The van der Waals surface area contributed by atoms with E-state index in [1.165, 1.54) is 22.8 Å². The zero-order valence-electron chi connectivity index (χ0n) is 16.6. The minimum Gasteiger partial charge on any atom is -0.505 e. The highest BCUT2D eigenvalue weighted by Crippen LogP contribution is 2.32. The Balaban J connectivity index is 1.70. The van der Waals surface area contributed by atoms with Crippen molar-refractivity contribution >= 4 is 44.7 Å². The minimum atomic E-state index is -0.702. The van der Waals surface area contributed by atoms with Crippen molar-refractivity contribution in [2.75, 3.05) is 10.6 Å². The number of nitrogens with zero attached hydrogens (tertiary/aromatic N) is 1. The van der Waals surface area contributed by atoms with Gasteiger partial charge in [-0.25, -0.2) is 0 Å². The molecule has 0 fully saturated rings. The van der Waals surface area contributed by atoms with Crippen LogP contribution in [0.3, 0.4) is 0 Å². The Hall–Kier alpha value is -3.91. The lowest BCUT2D eigenvalue weighted by atomic mass is 10.1. The second-order valence-electron chi connectivity index (χ2n) is 6.95. The summed E-state index contributed by atoms with van der Waals surface area (Å²) >= 11 is 1.26. The third kappa shape index (κ3) is 4.19. The fourth-order valence-corrected chi connectivity index (χ4v) is 4.16. The molecule has 2 amide bonds. The average Bonchev–Trinajstić information content (AvgIpc) is 3.23. The van der Waals surface area contributed by atoms with E-state index in [0.717, 1.165) is 5.56 Å². The number of nitrogens with one attached hydrogen (secondary N) is 2. The van der Waals surface area contributed by atoms with E-state index in [4.69, 9.17) is 0 Å². The zero-order chi connectivity index (χ0) is 22.0. The Bertz CT molecular complexity index is 1320. The first-order valence-electron chi connectivity index (χ1n) is 9.50. The van der Waals surface area contributed by atoms with E-state index in [1.807, 2.05) is 30.3 Å². The van der Waals surface area contributed by atoms with Gasteiger partial charge in [-0.05, 0) is 41.3 Å². The molecular formula is C23H19N3O4S. The lowest BCUT2D eigenvalue weighted by Gasteiger charge is -2.13. The molecule has 0 spiro atoms. The molecular weight excluding hydrogens is 414 g/mol. The maximum atomic E-state index is 13.2. The van der Waals surface area contributed by atoms with Crippen molar-refractivity contribution in [3.05, 3.63) is 87.5 Å². The molecule has 2 aromatic heterocycles. The van der Waals surface area contributed by atoms with Gasteiger partial charge in [-0.15, -0.1) is 11.3 Å². The molecule has 0 aliphatic carbocycles. The number of hydrogen-bond acceptors (Lipinski definition) is 5. The van der Waals surface area contributed by atoms with Crippen LogP contribution in [0.1, 0.15) is 22.8 Å².